The van der Waals surface area contributed by atoms with Crippen LogP contribution in [0.5, 0.6) is 0 Å². The Kier molecular flexibility index (Phi) is 3.48. The number of rotatable bonds is 4. The molecule has 0 radical (unpaired) electrons. The van der Waals surface area contributed by atoms with Crippen LogP contribution in [0.25, 0.3) is 0 Å². The minimum absolute atomic E-state index is 0.353. The van der Waals surface area contributed by atoms with Crippen LogP contribution < -0.4 is 5.73 Å². The number of nitrogen functional groups attached to an aromatic ring is 1. The van der Waals surface area contributed by atoms with Gasteiger partial charge in [0.05, 0.1) is 0 Å². The SMILES string of the molecule is CO[C@@H](Cc1ccc(N)cc1)C(=O)O. The van der Waals surface area contributed by atoms with E-state index in [-0.39, 0.29) is 0 Å². The van der Waals surface area contributed by atoms with Crippen LogP contribution in [-0.4, -0.2) is 24.3 Å². The molecule has 1 atom stereocenters. The van der Waals surface area contributed by atoms with E-state index in [4.69, 9.17) is 15.6 Å². The first-order valence-corrected chi connectivity index (χ1v) is 4.23. The highest BCUT2D eigenvalue weighted by molar-refractivity contribution is 5.72. The molecule has 0 heterocycles. The minimum Gasteiger partial charge on any atom is -0.479 e. The lowest BCUT2D eigenvalue weighted by Crippen LogP contribution is -2.24. The van der Waals surface area contributed by atoms with Crippen molar-refractivity contribution in [3.8, 4) is 0 Å². The van der Waals surface area contributed by atoms with E-state index in [1.807, 2.05) is 0 Å². The van der Waals surface area contributed by atoms with E-state index in [1.165, 1.54) is 7.11 Å². The highest BCUT2D eigenvalue weighted by Gasteiger charge is 2.16. The predicted octanol–water partition coefficient (Wildman–Crippen LogP) is 0.911. The fraction of sp³-hybridized carbons (Fsp3) is 0.300. The number of carboxylic acids is 1. The van der Waals surface area contributed by atoms with Crippen molar-refractivity contribution in [1.82, 2.24) is 0 Å². The van der Waals surface area contributed by atoms with Crippen LogP contribution in [0.3, 0.4) is 0 Å². The molecule has 0 saturated carbocycles. The van der Waals surface area contributed by atoms with Gasteiger partial charge in [0.15, 0.2) is 6.10 Å². The molecule has 1 rings (SSSR count). The van der Waals surface area contributed by atoms with Crippen molar-refractivity contribution in [2.24, 2.45) is 0 Å². The summed E-state index contributed by atoms with van der Waals surface area (Å²) in [6, 6.07) is 7.07. The van der Waals surface area contributed by atoms with Crippen molar-refractivity contribution in [1.29, 1.82) is 0 Å². The smallest absolute Gasteiger partial charge is 0.333 e. The third kappa shape index (κ3) is 2.74. The molecule has 0 amide bonds. The Morgan fingerprint density at radius 1 is 1.50 bits per heavy atom. The van der Waals surface area contributed by atoms with Crippen LogP contribution in [0.1, 0.15) is 5.56 Å². The molecule has 14 heavy (non-hydrogen) atoms. The number of nitrogens with two attached hydrogens (primary N) is 1. The molecule has 0 aliphatic heterocycles. The summed E-state index contributed by atoms with van der Waals surface area (Å²) in [6.45, 7) is 0. The number of aliphatic carboxylic acids is 1. The zero-order valence-corrected chi connectivity index (χ0v) is 7.93. The van der Waals surface area contributed by atoms with Crippen molar-refractivity contribution in [2.75, 3.05) is 12.8 Å². The summed E-state index contributed by atoms with van der Waals surface area (Å²) >= 11 is 0. The topological polar surface area (TPSA) is 72.5 Å². The highest BCUT2D eigenvalue weighted by Crippen LogP contribution is 2.09. The number of benzene rings is 1. The maximum Gasteiger partial charge on any atom is 0.333 e. The van der Waals surface area contributed by atoms with Gasteiger partial charge >= 0.3 is 5.97 Å². The van der Waals surface area contributed by atoms with Crippen molar-refractivity contribution >= 4 is 11.7 Å². The third-order valence-electron chi connectivity index (χ3n) is 1.96. The standard InChI is InChI=1S/C10H13NO3/c1-14-9(10(12)13)6-7-2-4-8(11)5-3-7/h2-5,9H,6,11H2,1H3,(H,12,13)/t9-/m0/s1. The first-order valence-electron chi connectivity index (χ1n) is 4.23. The summed E-state index contributed by atoms with van der Waals surface area (Å²) in [6.07, 6.45) is -0.440. The molecule has 0 aliphatic carbocycles. The molecule has 1 aromatic carbocycles. The first-order chi connectivity index (χ1) is 6.63. The summed E-state index contributed by atoms with van der Waals surface area (Å²) < 4.78 is 4.82. The molecular weight excluding hydrogens is 182 g/mol. The van der Waals surface area contributed by atoms with E-state index in [2.05, 4.69) is 0 Å². The lowest BCUT2D eigenvalue weighted by Gasteiger charge is -2.09. The fourth-order valence-electron chi connectivity index (χ4n) is 1.14. The van der Waals surface area contributed by atoms with Gasteiger partial charge in [-0.2, -0.15) is 0 Å². The number of hydrogen-bond donors (Lipinski definition) is 2. The van der Waals surface area contributed by atoms with Crippen molar-refractivity contribution in [3.63, 3.8) is 0 Å². The van der Waals surface area contributed by atoms with Gasteiger partial charge in [0.1, 0.15) is 0 Å². The Morgan fingerprint density at radius 3 is 2.50 bits per heavy atom. The molecule has 76 valence electrons. The average Bonchev–Trinajstić information content (AvgIpc) is 2.16. The lowest BCUT2D eigenvalue weighted by molar-refractivity contribution is -0.148. The Bertz CT molecular complexity index is 308. The maximum absolute atomic E-state index is 10.7. The first kappa shape index (κ1) is 10.5. The Labute approximate surface area is 82.3 Å². The van der Waals surface area contributed by atoms with Gasteiger partial charge in [-0.05, 0) is 17.7 Å². The van der Waals surface area contributed by atoms with Gasteiger partial charge in [-0.15, -0.1) is 0 Å². The Morgan fingerprint density at radius 2 is 2.07 bits per heavy atom. The van der Waals surface area contributed by atoms with E-state index in [1.54, 1.807) is 24.3 Å². The van der Waals surface area contributed by atoms with Crippen LogP contribution in [-0.2, 0) is 16.0 Å². The summed E-state index contributed by atoms with van der Waals surface area (Å²) in [7, 11) is 1.39. The number of methoxy groups -OCH3 is 1. The van der Waals surface area contributed by atoms with Crippen LogP contribution >= 0.6 is 0 Å². The second kappa shape index (κ2) is 4.62. The molecular formula is C10H13NO3. The molecule has 0 unspecified atom stereocenters. The van der Waals surface area contributed by atoms with Gasteiger partial charge in [0, 0.05) is 19.2 Å². The third-order valence-corrected chi connectivity index (χ3v) is 1.96. The quantitative estimate of drug-likeness (QED) is 0.700. The number of ether oxygens (including phenoxy) is 1. The van der Waals surface area contributed by atoms with E-state index in [0.29, 0.717) is 12.1 Å². The number of carbonyl (C=O) groups is 1. The highest BCUT2D eigenvalue weighted by atomic mass is 16.5. The van der Waals surface area contributed by atoms with Gasteiger partial charge in [0.25, 0.3) is 0 Å². The van der Waals surface area contributed by atoms with Crippen molar-refractivity contribution < 1.29 is 14.6 Å². The number of carboxylic acid groups (broad SMARTS) is 1. The fourth-order valence-corrected chi connectivity index (χ4v) is 1.14. The Hall–Kier alpha value is -1.55. The predicted molar refractivity (Wildman–Crippen MR) is 53.0 cm³/mol. The van der Waals surface area contributed by atoms with Crippen LogP contribution in [0, 0.1) is 0 Å². The molecule has 0 aromatic heterocycles. The van der Waals surface area contributed by atoms with E-state index >= 15 is 0 Å². The monoisotopic (exact) mass is 195 g/mol. The average molecular weight is 195 g/mol. The zero-order chi connectivity index (χ0) is 10.6. The van der Waals surface area contributed by atoms with E-state index in [0.717, 1.165) is 5.56 Å². The lowest BCUT2D eigenvalue weighted by atomic mass is 10.1. The summed E-state index contributed by atoms with van der Waals surface area (Å²) in [4.78, 5) is 10.7. The molecule has 0 fully saturated rings. The van der Waals surface area contributed by atoms with Gasteiger partial charge in [-0.1, -0.05) is 12.1 Å². The molecule has 1 aromatic rings. The number of anilines is 1. The molecule has 4 nitrogen and oxygen atoms in total. The molecule has 0 saturated heterocycles. The van der Waals surface area contributed by atoms with Gasteiger partial charge in [0.2, 0.25) is 0 Å². The molecule has 3 N–H and O–H groups in total. The molecule has 4 heteroatoms. The van der Waals surface area contributed by atoms with Crippen LogP contribution in [0.2, 0.25) is 0 Å². The summed E-state index contributed by atoms with van der Waals surface area (Å²) in [5, 5.41) is 8.74. The summed E-state index contributed by atoms with van der Waals surface area (Å²) in [5.41, 5.74) is 7.06. The maximum atomic E-state index is 10.7. The summed E-state index contributed by atoms with van der Waals surface area (Å²) in [5.74, 6) is -0.954. The Balaban J connectivity index is 2.67. The number of hydrogen-bond acceptors (Lipinski definition) is 3. The van der Waals surface area contributed by atoms with E-state index in [9.17, 15) is 4.79 Å². The van der Waals surface area contributed by atoms with Gasteiger partial charge < -0.3 is 15.6 Å². The zero-order valence-electron chi connectivity index (χ0n) is 7.93. The second-order valence-electron chi connectivity index (χ2n) is 3.01. The van der Waals surface area contributed by atoms with Gasteiger partial charge in [-0.25, -0.2) is 4.79 Å². The second-order valence-corrected chi connectivity index (χ2v) is 3.01. The van der Waals surface area contributed by atoms with Crippen molar-refractivity contribution in [3.05, 3.63) is 29.8 Å². The van der Waals surface area contributed by atoms with Crippen LogP contribution in [0.4, 0.5) is 5.69 Å². The van der Waals surface area contributed by atoms with Crippen LogP contribution in [0.15, 0.2) is 24.3 Å². The normalized spacial score (nSPS) is 12.4. The molecule has 0 aliphatic rings. The molecule has 0 bridgehead atoms. The van der Waals surface area contributed by atoms with Crippen molar-refractivity contribution in [2.45, 2.75) is 12.5 Å². The van der Waals surface area contributed by atoms with Gasteiger partial charge in [-0.3, -0.25) is 0 Å². The largest absolute Gasteiger partial charge is 0.479 e. The minimum atomic E-state index is -0.954. The molecule has 0 spiro atoms. The van der Waals surface area contributed by atoms with E-state index < -0.39 is 12.1 Å².